The van der Waals surface area contributed by atoms with Crippen LogP contribution >= 0.6 is 0 Å². The van der Waals surface area contributed by atoms with Crippen LogP contribution in [0.1, 0.15) is 11.3 Å². The standard InChI is InChI=1S/C17H15NO2/c1-13-6-5-9-16(10-13)19-12-15-11-17(20-18-15)14-7-3-2-4-8-14/h2-11H,12H2,1H3. The summed E-state index contributed by atoms with van der Waals surface area (Å²) >= 11 is 0. The lowest BCUT2D eigenvalue weighted by Gasteiger charge is -2.03. The molecule has 0 atom stereocenters. The van der Waals surface area contributed by atoms with E-state index in [4.69, 9.17) is 9.26 Å². The summed E-state index contributed by atoms with van der Waals surface area (Å²) in [4.78, 5) is 0. The molecule has 0 unspecified atom stereocenters. The van der Waals surface area contributed by atoms with Crippen molar-refractivity contribution in [1.29, 1.82) is 0 Å². The van der Waals surface area contributed by atoms with E-state index in [9.17, 15) is 0 Å². The van der Waals surface area contributed by atoms with Crippen molar-refractivity contribution in [1.82, 2.24) is 5.16 Å². The number of aromatic nitrogens is 1. The predicted molar refractivity (Wildman–Crippen MR) is 77.5 cm³/mol. The summed E-state index contributed by atoms with van der Waals surface area (Å²) in [5.74, 6) is 1.60. The van der Waals surface area contributed by atoms with Crippen molar-refractivity contribution in [2.45, 2.75) is 13.5 Å². The summed E-state index contributed by atoms with van der Waals surface area (Å²) in [5.41, 5.74) is 2.97. The first kappa shape index (κ1) is 12.5. The summed E-state index contributed by atoms with van der Waals surface area (Å²) in [5, 5.41) is 4.03. The molecule has 0 aliphatic heterocycles. The van der Waals surface area contributed by atoms with Crippen LogP contribution in [0.4, 0.5) is 0 Å². The number of ether oxygens (including phenoxy) is 1. The second-order valence-corrected chi connectivity index (χ2v) is 4.65. The van der Waals surface area contributed by atoms with Gasteiger partial charge in [0.2, 0.25) is 0 Å². The highest BCUT2D eigenvalue weighted by Gasteiger charge is 2.06. The van der Waals surface area contributed by atoms with Gasteiger partial charge in [-0.1, -0.05) is 47.6 Å². The quantitative estimate of drug-likeness (QED) is 0.708. The number of hydrogen-bond donors (Lipinski definition) is 0. The molecule has 0 saturated carbocycles. The summed E-state index contributed by atoms with van der Waals surface area (Å²) in [7, 11) is 0. The molecule has 0 saturated heterocycles. The van der Waals surface area contributed by atoms with Gasteiger partial charge in [-0.05, 0) is 24.6 Å². The number of benzene rings is 2. The minimum atomic E-state index is 0.403. The first-order valence-corrected chi connectivity index (χ1v) is 6.52. The maximum Gasteiger partial charge on any atom is 0.167 e. The Morgan fingerprint density at radius 1 is 1.00 bits per heavy atom. The van der Waals surface area contributed by atoms with Gasteiger partial charge in [0, 0.05) is 11.6 Å². The van der Waals surface area contributed by atoms with Gasteiger partial charge in [0.15, 0.2) is 5.76 Å². The van der Waals surface area contributed by atoms with E-state index in [1.54, 1.807) is 0 Å². The van der Waals surface area contributed by atoms with Crippen molar-refractivity contribution in [2.75, 3.05) is 0 Å². The Kier molecular flexibility index (Phi) is 3.50. The molecule has 1 aromatic heterocycles. The fourth-order valence-corrected chi connectivity index (χ4v) is 1.98. The minimum Gasteiger partial charge on any atom is -0.487 e. The van der Waals surface area contributed by atoms with Gasteiger partial charge in [0.25, 0.3) is 0 Å². The highest BCUT2D eigenvalue weighted by atomic mass is 16.5. The van der Waals surface area contributed by atoms with Gasteiger partial charge in [0.05, 0.1) is 0 Å². The molecule has 20 heavy (non-hydrogen) atoms. The van der Waals surface area contributed by atoms with Crippen LogP contribution in [0.2, 0.25) is 0 Å². The zero-order valence-corrected chi connectivity index (χ0v) is 11.2. The molecule has 0 N–H and O–H groups in total. The molecule has 0 aliphatic rings. The fourth-order valence-electron chi connectivity index (χ4n) is 1.98. The second-order valence-electron chi connectivity index (χ2n) is 4.65. The molecule has 0 radical (unpaired) electrons. The molecule has 1 heterocycles. The van der Waals surface area contributed by atoms with Crippen LogP contribution in [-0.4, -0.2) is 5.16 Å². The Hall–Kier alpha value is -2.55. The molecular weight excluding hydrogens is 250 g/mol. The summed E-state index contributed by atoms with van der Waals surface area (Å²) in [6, 6.07) is 19.8. The van der Waals surface area contributed by atoms with E-state index < -0.39 is 0 Å². The minimum absolute atomic E-state index is 0.403. The van der Waals surface area contributed by atoms with Crippen molar-refractivity contribution < 1.29 is 9.26 Å². The molecule has 0 amide bonds. The van der Waals surface area contributed by atoms with Crippen LogP contribution in [0.15, 0.2) is 65.2 Å². The highest BCUT2D eigenvalue weighted by Crippen LogP contribution is 2.21. The Morgan fingerprint density at radius 3 is 2.65 bits per heavy atom. The van der Waals surface area contributed by atoms with Gasteiger partial charge in [-0.3, -0.25) is 0 Å². The van der Waals surface area contributed by atoms with Gasteiger partial charge in [0.1, 0.15) is 18.1 Å². The van der Waals surface area contributed by atoms with Crippen LogP contribution in [-0.2, 0) is 6.61 Å². The third-order valence-electron chi connectivity index (χ3n) is 2.99. The van der Waals surface area contributed by atoms with Crippen LogP contribution < -0.4 is 4.74 Å². The Balaban J connectivity index is 1.69. The number of hydrogen-bond acceptors (Lipinski definition) is 3. The third kappa shape index (κ3) is 2.88. The zero-order chi connectivity index (χ0) is 13.8. The molecular formula is C17H15NO2. The maximum absolute atomic E-state index is 5.70. The van der Waals surface area contributed by atoms with Gasteiger partial charge in [-0.25, -0.2) is 0 Å². The molecule has 3 heteroatoms. The van der Waals surface area contributed by atoms with E-state index in [2.05, 4.69) is 5.16 Å². The lowest BCUT2D eigenvalue weighted by molar-refractivity contribution is 0.290. The topological polar surface area (TPSA) is 35.3 Å². The summed E-state index contributed by atoms with van der Waals surface area (Å²) in [6.45, 7) is 2.44. The second kappa shape index (κ2) is 5.61. The normalized spacial score (nSPS) is 10.4. The molecule has 3 rings (SSSR count). The van der Waals surface area contributed by atoms with Crippen molar-refractivity contribution in [3.8, 4) is 17.1 Å². The molecule has 0 spiro atoms. The van der Waals surface area contributed by atoms with E-state index in [-0.39, 0.29) is 0 Å². The Morgan fingerprint density at radius 2 is 1.85 bits per heavy atom. The number of rotatable bonds is 4. The molecule has 3 aromatic rings. The molecule has 3 nitrogen and oxygen atoms in total. The van der Waals surface area contributed by atoms with E-state index in [1.807, 2.05) is 67.6 Å². The zero-order valence-electron chi connectivity index (χ0n) is 11.2. The molecule has 0 bridgehead atoms. The third-order valence-corrected chi connectivity index (χ3v) is 2.99. The van der Waals surface area contributed by atoms with E-state index in [1.165, 1.54) is 5.56 Å². The number of nitrogens with zero attached hydrogens (tertiary/aromatic N) is 1. The van der Waals surface area contributed by atoms with Crippen LogP contribution in [0.25, 0.3) is 11.3 Å². The van der Waals surface area contributed by atoms with Crippen LogP contribution in [0.3, 0.4) is 0 Å². The summed E-state index contributed by atoms with van der Waals surface area (Å²) in [6.07, 6.45) is 0. The molecule has 0 fully saturated rings. The molecule has 0 aliphatic carbocycles. The maximum atomic E-state index is 5.70. The highest BCUT2D eigenvalue weighted by molar-refractivity contribution is 5.56. The smallest absolute Gasteiger partial charge is 0.167 e. The fraction of sp³-hybridized carbons (Fsp3) is 0.118. The Labute approximate surface area is 117 Å². The molecule has 2 aromatic carbocycles. The SMILES string of the molecule is Cc1cccc(OCc2cc(-c3ccccc3)on2)c1. The van der Waals surface area contributed by atoms with Crippen LogP contribution in [0.5, 0.6) is 5.75 Å². The van der Waals surface area contributed by atoms with Gasteiger partial charge in [-0.15, -0.1) is 0 Å². The van der Waals surface area contributed by atoms with E-state index >= 15 is 0 Å². The van der Waals surface area contributed by atoms with E-state index in [0.29, 0.717) is 6.61 Å². The first-order chi connectivity index (χ1) is 9.81. The van der Waals surface area contributed by atoms with Crippen molar-refractivity contribution in [2.24, 2.45) is 0 Å². The van der Waals surface area contributed by atoms with Crippen LogP contribution in [0, 0.1) is 6.92 Å². The van der Waals surface area contributed by atoms with Gasteiger partial charge < -0.3 is 9.26 Å². The van der Waals surface area contributed by atoms with Gasteiger partial charge in [-0.2, -0.15) is 0 Å². The summed E-state index contributed by atoms with van der Waals surface area (Å²) < 4.78 is 11.0. The lowest BCUT2D eigenvalue weighted by Crippen LogP contribution is -1.95. The average molecular weight is 265 g/mol. The number of aryl methyl sites for hydroxylation is 1. The van der Waals surface area contributed by atoms with Crippen molar-refractivity contribution in [3.05, 3.63) is 71.9 Å². The molecule has 100 valence electrons. The largest absolute Gasteiger partial charge is 0.487 e. The van der Waals surface area contributed by atoms with E-state index in [0.717, 1.165) is 22.8 Å². The van der Waals surface area contributed by atoms with Crippen molar-refractivity contribution >= 4 is 0 Å². The van der Waals surface area contributed by atoms with Crippen molar-refractivity contribution in [3.63, 3.8) is 0 Å². The lowest BCUT2D eigenvalue weighted by atomic mass is 10.2. The Bertz CT molecular complexity index is 689. The van der Waals surface area contributed by atoms with Gasteiger partial charge >= 0.3 is 0 Å². The monoisotopic (exact) mass is 265 g/mol. The average Bonchev–Trinajstić information content (AvgIpc) is 2.95. The predicted octanol–water partition coefficient (Wildman–Crippen LogP) is 4.23. The first-order valence-electron chi connectivity index (χ1n) is 6.52.